The van der Waals surface area contributed by atoms with E-state index in [9.17, 15) is 0 Å². The van der Waals surface area contributed by atoms with Crippen LogP contribution in [0.5, 0.6) is 0 Å². The van der Waals surface area contributed by atoms with Gasteiger partial charge in [0.2, 0.25) is 0 Å². The van der Waals surface area contributed by atoms with Gasteiger partial charge in [0.25, 0.3) is 0 Å². The summed E-state index contributed by atoms with van der Waals surface area (Å²) in [5.74, 6) is 0. The van der Waals surface area contributed by atoms with Crippen LogP contribution in [0, 0.1) is 69.2 Å². The van der Waals surface area contributed by atoms with Crippen molar-refractivity contribution >= 4 is 0 Å². The van der Waals surface area contributed by atoms with Crippen LogP contribution >= 0.6 is 0 Å². The molecular weight excluding hydrogens is 315 g/mol. The Balaban J connectivity index is 0. The second-order valence-corrected chi connectivity index (χ2v) is 6.25. The molecule has 0 aliphatic carbocycles. The van der Waals surface area contributed by atoms with Crippen LogP contribution in [-0.2, 0) is 16.8 Å². The van der Waals surface area contributed by atoms with Gasteiger partial charge in [-0.05, 0) is 0 Å². The average molecular weight is 346 g/mol. The summed E-state index contributed by atoms with van der Waals surface area (Å²) in [5, 5.41) is 0. The Bertz CT molecular complexity index is 410. The molecule has 2 heteroatoms. The zero-order valence-corrected chi connectivity index (χ0v) is 16.8. The largest absolute Gasteiger partial charge is 3.00 e. The van der Waals surface area contributed by atoms with Gasteiger partial charge in [0.05, 0.1) is 0 Å². The first-order chi connectivity index (χ1) is 9.11. The predicted octanol–water partition coefficient (Wildman–Crippen LogP) is 5.72. The van der Waals surface area contributed by atoms with E-state index in [1.54, 1.807) is 0 Å². The molecule has 126 valence electrons. The van der Waals surface area contributed by atoms with Crippen molar-refractivity contribution in [1.82, 2.24) is 0 Å². The summed E-state index contributed by atoms with van der Waals surface area (Å²) < 4.78 is 0. The molecule has 0 saturated heterocycles. The molecule has 0 aliphatic rings. The van der Waals surface area contributed by atoms with Crippen LogP contribution in [0.4, 0.5) is 0 Å². The molecule has 0 aliphatic heterocycles. The van der Waals surface area contributed by atoms with E-state index < -0.39 is 0 Å². The van der Waals surface area contributed by atoms with Crippen LogP contribution in [0.1, 0.15) is 55.6 Å². The Hall–Kier alpha value is -0.834. The fraction of sp³-hybridized carbons (Fsp3) is 0.500. The molecule has 0 atom stereocenters. The van der Waals surface area contributed by atoms with Gasteiger partial charge in [-0.1, -0.05) is 69.2 Å². The molecule has 0 aromatic heterocycles. The maximum Gasteiger partial charge on any atom is 3.00 e. The Morgan fingerprint density at radius 3 is 0.636 bits per heavy atom. The fourth-order valence-electron chi connectivity index (χ4n) is 2.81. The summed E-state index contributed by atoms with van der Waals surface area (Å²) in [4.78, 5) is 0. The van der Waals surface area contributed by atoms with Crippen LogP contribution in [0.15, 0.2) is 0 Å². The second-order valence-electron chi connectivity index (χ2n) is 6.25. The maximum atomic E-state index is 2.20. The van der Waals surface area contributed by atoms with Gasteiger partial charge in [0, 0.05) is 0 Å². The Morgan fingerprint density at radius 2 is 0.591 bits per heavy atom. The molecular formula is C20H31CoO. The molecule has 0 heterocycles. The zero-order chi connectivity index (χ0) is 15.8. The first-order valence-corrected chi connectivity index (χ1v) is 7.50. The Kier molecular flexibility index (Phi) is 9.28. The summed E-state index contributed by atoms with van der Waals surface area (Å²) in [6.45, 7) is 22.0. The molecule has 1 nitrogen and oxygen atoms in total. The number of rotatable bonds is 0. The van der Waals surface area contributed by atoms with E-state index in [2.05, 4.69) is 69.2 Å². The van der Waals surface area contributed by atoms with E-state index >= 15 is 0 Å². The standard InChI is InChI=1S/2C10H15.Co.H2O/c2*1-6-7(2)9(4)10(5)8(6)3;;/h2*1-5H3;;1H2/q2*-1;+3;/p-1. The molecule has 2 rings (SSSR count). The first-order valence-electron chi connectivity index (χ1n) is 7.50. The van der Waals surface area contributed by atoms with Crippen molar-refractivity contribution in [3.05, 3.63) is 55.6 Å². The normalized spacial score (nSPS) is 9.55. The minimum Gasteiger partial charge on any atom is -0.870 e. The molecule has 0 spiro atoms. The van der Waals surface area contributed by atoms with Crippen LogP contribution in [-0.4, -0.2) is 5.48 Å². The van der Waals surface area contributed by atoms with E-state index in [-0.39, 0.29) is 22.3 Å². The minimum absolute atomic E-state index is 0. The number of hydrogen-bond acceptors (Lipinski definition) is 1. The van der Waals surface area contributed by atoms with Crippen molar-refractivity contribution in [2.75, 3.05) is 0 Å². The number of hydrogen-bond donors (Lipinski definition) is 0. The van der Waals surface area contributed by atoms with Crippen LogP contribution < -0.4 is 0 Å². The molecule has 0 unspecified atom stereocenters. The van der Waals surface area contributed by atoms with E-state index in [1.165, 1.54) is 55.6 Å². The Labute approximate surface area is 147 Å². The molecule has 2 aromatic rings. The van der Waals surface area contributed by atoms with E-state index in [4.69, 9.17) is 0 Å². The van der Waals surface area contributed by atoms with Gasteiger partial charge in [-0.2, -0.15) is 55.6 Å². The second kappa shape index (κ2) is 8.71. The third-order valence-electron chi connectivity index (χ3n) is 5.62. The SMILES string of the molecule is Cc1c(C)c(C)[c-](C)c1C.Cc1c(C)c(C)[c-](C)c1C.[Co+3].[OH-]. The third-order valence-corrected chi connectivity index (χ3v) is 5.62. The molecule has 1 N–H and O–H groups in total. The minimum atomic E-state index is 0. The van der Waals surface area contributed by atoms with Crippen molar-refractivity contribution in [2.45, 2.75) is 69.2 Å². The average Bonchev–Trinajstić information content (AvgIpc) is 2.71. The van der Waals surface area contributed by atoms with Gasteiger partial charge in [-0.15, -0.1) is 0 Å². The smallest absolute Gasteiger partial charge is 0.870 e. The predicted molar refractivity (Wildman–Crippen MR) is 93.4 cm³/mol. The van der Waals surface area contributed by atoms with Gasteiger partial charge in [0.1, 0.15) is 0 Å². The van der Waals surface area contributed by atoms with Crippen molar-refractivity contribution < 1.29 is 22.3 Å². The third kappa shape index (κ3) is 4.12. The molecule has 0 amide bonds. The quantitative estimate of drug-likeness (QED) is 0.561. The Morgan fingerprint density at radius 1 is 0.455 bits per heavy atom. The summed E-state index contributed by atoms with van der Waals surface area (Å²) in [6.07, 6.45) is 0. The molecule has 2 aromatic carbocycles. The van der Waals surface area contributed by atoms with E-state index in [0.29, 0.717) is 0 Å². The maximum absolute atomic E-state index is 2.20. The summed E-state index contributed by atoms with van der Waals surface area (Å²) >= 11 is 0. The molecule has 0 radical (unpaired) electrons. The summed E-state index contributed by atoms with van der Waals surface area (Å²) in [5.41, 5.74) is 14.7. The molecule has 0 fully saturated rings. The molecule has 0 bridgehead atoms. The van der Waals surface area contributed by atoms with Crippen LogP contribution in [0.2, 0.25) is 0 Å². The zero-order valence-electron chi connectivity index (χ0n) is 15.8. The van der Waals surface area contributed by atoms with Crippen molar-refractivity contribution in [2.24, 2.45) is 0 Å². The van der Waals surface area contributed by atoms with Crippen LogP contribution in [0.3, 0.4) is 0 Å². The van der Waals surface area contributed by atoms with E-state index in [1.807, 2.05) is 0 Å². The van der Waals surface area contributed by atoms with Crippen molar-refractivity contribution in [3.8, 4) is 0 Å². The molecule has 0 saturated carbocycles. The molecule has 22 heavy (non-hydrogen) atoms. The van der Waals surface area contributed by atoms with Gasteiger partial charge in [0.15, 0.2) is 0 Å². The summed E-state index contributed by atoms with van der Waals surface area (Å²) in [7, 11) is 0. The monoisotopic (exact) mass is 346 g/mol. The van der Waals surface area contributed by atoms with Gasteiger partial charge in [-0.3, -0.25) is 0 Å². The van der Waals surface area contributed by atoms with Crippen LogP contribution in [0.25, 0.3) is 0 Å². The fourth-order valence-corrected chi connectivity index (χ4v) is 2.81. The van der Waals surface area contributed by atoms with Crippen molar-refractivity contribution in [3.63, 3.8) is 0 Å². The van der Waals surface area contributed by atoms with E-state index in [0.717, 1.165) is 0 Å². The van der Waals surface area contributed by atoms with Gasteiger partial charge < -0.3 is 5.48 Å². The first kappa shape index (κ1) is 23.4. The summed E-state index contributed by atoms with van der Waals surface area (Å²) in [6, 6.07) is 0. The topological polar surface area (TPSA) is 30.0 Å². The van der Waals surface area contributed by atoms with Gasteiger partial charge in [-0.25, -0.2) is 0 Å². The van der Waals surface area contributed by atoms with Gasteiger partial charge >= 0.3 is 16.8 Å². The van der Waals surface area contributed by atoms with Crippen molar-refractivity contribution in [1.29, 1.82) is 0 Å².